The second-order valence-electron chi connectivity index (χ2n) is 18.6. The number of halogens is 1. The third kappa shape index (κ3) is 14.2. The summed E-state index contributed by atoms with van der Waals surface area (Å²) >= 11 is 0. The molecule has 1 aromatic heterocycles. The van der Waals surface area contributed by atoms with Gasteiger partial charge in [0, 0.05) is 61.3 Å². The van der Waals surface area contributed by atoms with Crippen LogP contribution in [0.25, 0.3) is 0 Å². The Labute approximate surface area is 430 Å². The Kier molecular flexibility index (Phi) is 17.9. The van der Waals surface area contributed by atoms with Crippen molar-refractivity contribution in [1.82, 2.24) is 25.4 Å². The van der Waals surface area contributed by atoms with Crippen molar-refractivity contribution in [2.24, 2.45) is 0 Å². The maximum absolute atomic E-state index is 13.2. The number of pyridine rings is 1. The van der Waals surface area contributed by atoms with Gasteiger partial charge in [0.25, 0.3) is 11.8 Å². The minimum atomic E-state index is -1.22. The number of amides is 6. The highest BCUT2D eigenvalue weighted by molar-refractivity contribution is 5.99. The lowest BCUT2D eigenvalue weighted by Crippen LogP contribution is -2.44. The molecule has 3 heterocycles. The topological polar surface area (TPSA) is 221 Å². The van der Waals surface area contributed by atoms with Crippen molar-refractivity contribution in [1.29, 1.82) is 10.5 Å². The number of benzene rings is 5. The summed E-state index contributed by atoms with van der Waals surface area (Å²) in [6, 6.07) is 38.4. The summed E-state index contributed by atoms with van der Waals surface area (Å²) in [5.41, 5.74) is 8.56. The van der Waals surface area contributed by atoms with Crippen LogP contribution >= 0.6 is 0 Å². The number of nitrogens with one attached hydrogen (secondary N) is 4. The molecule has 74 heavy (non-hydrogen) atoms. The van der Waals surface area contributed by atoms with Crippen molar-refractivity contribution in [3.05, 3.63) is 195 Å². The monoisotopic (exact) mass is 995 g/mol. The van der Waals surface area contributed by atoms with E-state index < -0.39 is 23.9 Å². The first-order chi connectivity index (χ1) is 35.7. The van der Waals surface area contributed by atoms with Crippen LogP contribution in [0.15, 0.2) is 134 Å². The number of urea groups is 2. The fourth-order valence-corrected chi connectivity index (χ4v) is 9.07. The summed E-state index contributed by atoms with van der Waals surface area (Å²) in [4.78, 5) is 71.3. The average Bonchev–Trinajstić information content (AvgIpc) is 3.42. The van der Waals surface area contributed by atoms with Crippen LogP contribution in [0.2, 0.25) is 0 Å². The molecule has 0 radical (unpaired) electrons. The van der Waals surface area contributed by atoms with Crippen LogP contribution in [0.3, 0.4) is 0 Å². The van der Waals surface area contributed by atoms with Crippen LogP contribution in [0.4, 0.5) is 25.4 Å². The largest absolute Gasteiger partial charge is 0.480 e. The van der Waals surface area contributed by atoms with Gasteiger partial charge in [0.2, 0.25) is 0 Å². The zero-order valence-corrected chi connectivity index (χ0v) is 41.5. The Bertz CT molecular complexity index is 3030. The summed E-state index contributed by atoms with van der Waals surface area (Å²) in [5, 5.41) is 38.4. The minimum Gasteiger partial charge on any atom is -0.480 e. The molecule has 15 nitrogen and oxygen atoms in total. The number of nitriles is 2. The molecule has 5 aromatic carbocycles. The molecule has 2 atom stereocenters. The molecule has 2 fully saturated rings. The molecule has 0 aliphatic carbocycles. The van der Waals surface area contributed by atoms with Crippen LogP contribution in [0.1, 0.15) is 116 Å². The summed E-state index contributed by atoms with van der Waals surface area (Å²) < 4.78 is 13.2. The second kappa shape index (κ2) is 25.0. The van der Waals surface area contributed by atoms with Crippen molar-refractivity contribution in [2.45, 2.75) is 76.8 Å². The Morgan fingerprint density at radius 1 is 0.649 bits per heavy atom. The van der Waals surface area contributed by atoms with Gasteiger partial charge in [0.05, 0.1) is 35.0 Å². The lowest BCUT2D eigenvalue weighted by molar-refractivity contribution is -0.139. The number of nitrogens with zero attached hydrogens (tertiary/aromatic N) is 5. The van der Waals surface area contributed by atoms with Crippen LogP contribution in [-0.4, -0.2) is 82.0 Å². The van der Waals surface area contributed by atoms with E-state index in [-0.39, 0.29) is 30.3 Å². The van der Waals surface area contributed by atoms with Gasteiger partial charge < -0.3 is 36.2 Å². The van der Waals surface area contributed by atoms with Gasteiger partial charge >= 0.3 is 18.0 Å². The van der Waals surface area contributed by atoms with Gasteiger partial charge in [-0.15, -0.1) is 0 Å². The highest BCUT2D eigenvalue weighted by Gasteiger charge is 2.28. The van der Waals surface area contributed by atoms with Crippen molar-refractivity contribution < 1.29 is 33.5 Å². The fraction of sp³-hybridized carbons (Fsp3) is 0.276. The summed E-state index contributed by atoms with van der Waals surface area (Å²) in [6.07, 6.45) is 5.05. The first-order valence-corrected chi connectivity index (χ1v) is 24.5. The molecule has 2 aliphatic rings. The number of likely N-dealkylation sites (tertiary alicyclic amines) is 2. The molecule has 0 spiro atoms. The highest BCUT2D eigenvalue weighted by atomic mass is 19.1. The lowest BCUT2D eigenvalue weighted by atomic mass is 9.89. The molecule has 0 saturated carbocycles. The Hall–Kier alpha value is -8.89. The molecule has 2 aliphatic heterocycles. The van der Waals surface area contributed by atoms with Gasteiger partial charge in [0.15, 0.2) is 0 Å². The molecule has 5 N–H and O–H groups in total. The molecule has 6 aromatic rings. The number of rotatable bonds is 12. The number of carbonyl (C=O) groups excluding carboxylic acids is 4. The van der Waals surface area contributed by atoms with Gasteiger partial charge in [-0.1, -0.05) is 54.6 Å². The second-order valence-corrected chi connectivity index (χ2v) is 18.6. The van der Waals surface area contributed by atoms with Crippen LogP contribution in [0.5, 0.6) is 0 Å². The number of hydrogen-bond donors (Lipinski definition) is 5. The number of hydrogen-bond acceptors (Lipinski definition) is 8. The molecular weight excluding hydrogens is 938 g/mol. The predicted octanol–water partition coefficient (Wildman–Crippen LogP) is 10.0. The van der Waals surface area contributed by atoms with E-state index in [1.54, 1.807) is 42.3 Å². The van der Waals surface area contributed by atoms with Crippen molar-refractivity contribution in [2.75, 3.05) is 36.8 Å². The molecule has 8 rings (SSSR count). The molecule has 6 amide bonds. The Balaban J connectivity index is 0.000000217. The van der Waals surface area contributed by atoms with E-state index in [9.17, 15) is 33.5 Å². The Morgan fingerprint density at radius 3 is 1.53 bits per heavy atom. The van der Waals surface area contributed by atoms with Crippen LogP contribution in [0, 0.1) is 42.3 Å². The smallest absolute Gasteiger partial charge is 0.326 e. The third-order valence-electron chi connectivity index (χ3n) is 13.5. The Morgan fingerprint density at radius 2 is 1.11 bits per heavy atom. The first kappa shape index (κ1) is 52.9. The number of piperidine rings is 2. The molecule has 0 bridgehead atoms. The molecule has 16 heteroatoms. The van der Waals surface area contributed by atoms with Gasteiger partial charge in [-0.2, -0.15) is 10.5 Å². The van der Waals surface area contributed by atoms with E-state index in [4.69, 9.17) is 10.5 Å². The van der Waals surface area contributed by atoms with Crippen molar-refractivity contribution in [3.8, 4) is 12.1 Å². The summed E-state index contributed by atoms with van der Waals surface area (Å²) in [7, 11) is 0. The van der Waals surface area contributed by atoms with E-state index in [2.05, 4.69) is 38.4 Å². The molecular formula is C58H58FN9O6. The van der Waals surface area contributed by atoms with Gasteiger partial charge in [-0.25, -0.2) is 18.8 Å². The standard InChI is InChI=1S/C30H29FN4O4.C28H29N5O2/c1-19-2-7-24(28(36)35-14-12-23(13-15-35)22-8-3-21(18-32)4-9-22)17-26(19)33-30(39)34-27(29(37)38)16-20-5-10-25(31)11-6-20;1-19-6-9-24(17-26(19)32-28(35)31-20(2)25-5-3-4-14-30-25)27(34)33-15-12-23(13-16-33)22-10-7-21(18-29)8-11-22/h2-11,17,23,27H,12-16H2,1H3,(H,37,38)(H2,33,34,39);3-11,14,17,20,23H,12-13,15-16H2,1-2H3,(H2,31,32,35). The number of carbonyl (C=O) groups is 5. The van der Waals surface area contributed by atoms with Gasteiger partial charge in [-0.3, -0.25) is 14.6 Å². The minimum absolute atomic E-state index is 0.0149. The normalized spacial score (nSPS) is 14.4. The van der Waals surface area contributed by atoms with Gasteiger partial charge in [0.1, 0.15) is 11.9 Å². The molecule has 2 saturated heterocycles. The number of aryl methyl sites for hydroxylation is 2. The van der Waals surface area contributed by atoms with E-state index in [1.165, 1.54) is 29.8 Å². The number of aromatic nitrogens is 1. The number of carboxylic acids is 1. The fourth-order valence-electron chi connectivity index (χ4n) is 9.07. The maximum Gasteiger partial charge on any atom is 0.326 e. The van der Waals surface area contributed by atoms with E-state index in [1.807, 2.05) is 97.6 Å². The van der Waals surface area contributed by atoms with Crippen molar-refractivity contribution >= 4 is 41.2 Å². The quantitative estimate of drug-likeness (QED) is 0.0786. The molecule has 2 unspecified atom stereocenters. The van der Waals surface area contributed by atoms with Crippen molar-refractivity contribution in [3.63, 3.8) is 0 Å². The average molecular weight is 996 g/mol. The van der Waals surface area contributed by atoms with E-state index >= 15 is 0 Å². The molecule has 378 valence electrons. The number of aliphatic carboxylic acids is 1. The zero-order chi connectivity index (χ0) is 52.7. The van der Waals surface area contributed by atoms with Gasteiger partial charge in [-0.05, 0) is 159 Å². The maximum atomic E-state index is 13.2. The number of anilines is 2. The lowest BCUT2D eigenvalue weighted by Gasteiger charge is -2.32. The van der Waals surface area contributed by atoms with E-state index in [0.717, 1.165) is 42.5 Å². The SMILES string of the molecule is Cc1ccc(C(=O)N2CCC(c3ccc(C#N)cc3)CC2)cc1NC(=O)NC(C)c1ccccn1.Cc1ccc(C(=O)N2CCC(c3ccc(C#N)cc3)CC2)cc1NC(=O)NC(Cc1ccc(F)cc1)C(=O)O. The zero-order valence-electron chi connectivity index (χ0n) is 41.5. The van der Waals surface area contributed by atoms with Crippen LogP contribution in [-0.2, 0) is 11.2 Å². The summed E-state index contributed by atoms with van der Waals surface area (Å²) in [5.74, 6) is -1.13. The predicted molar refractivity (Wildman–Crippen MR) is 279 cm³/mol. The van der Waals surface area contributed by atoms with E-state index in [0.29, 0.717) is 82.8 Å². The third-order valence-corrected chi connectivity index (χ3v) is 13.5. The highest BCUT2D eigenvalue weighted by Crippen LogP contribution is 2.31. The number of carboxylic acid groups (broad SMARTS) is 1. The van der Waals surface area contributed by atoms with Crippen LogP contribution < -0.4 is 21.3 Å². The summed E-state index contributed by atoms with van der Waals surface area (Å²) in [6.45, 7) is 8.06. The first-order valence-electron chi connectivity index (χ1n) is 24.5.